The summed E-state index contributed by atoms with van der Waals surface area (Å²) in [5, 5.41) is 17.7. The number of halogens is 3. The highest BCUT2D eigenvalue weighted by Gasteiger charge is 2.29. The first-order chi connectivity index (χ1) is 8.29. The third-order valence-electron chi connectivity index (χ3n) is 2.06. The van der Waals surface area contributed by atoms with E-state index >= 15 is 0 Å². The maximum Gasteiger partial charge on any atom is 0.422 e. The van der Waals surface area contributed by atoms with Crippen LogP contribution in [0.5, 0.6) is 5.75 Å². The molecular formula is C11H11F3O4. The zero-order chi connectivity index (χ0) is 13.8. The summed E-state index contributed by atoms with van der Waals surface area (Å²) in [4.78, 5) is 10.5. The normalized spacial score (nSPS) is 13.1. The quantitative estimate of drug-likeness (QED) is 0.848. The maximum absolute atomic E-state index is 12.0. The van der Waals surface area contributed by atoms with Gasteiger partial charge in [-0.3, -0.25) is 0 Å². The number of aliphatic hydroxyl groups excluding tert-OH is 1. The number of hydrogen-bond donors (Lipinski definition) is 2. The lowest BCUT2D eigenvalue weighted by Crippen LogP contribution is -2.23. The van der Waals surface area contributed by atoms with Crippen molar-refractivity contribution in [2.24, 2.45) is 0 Å². The van der Waals surface area contributed by atoms with E-state index in [0.717, 1.165) is 0 Å². The lowest BCUT2D eigenvalue weighted by molar-refractivity contribution is -0.153. The number of para-hydroxylation sites is 1. The Bertz CT molecular complexity index is 417. The molecule has 0 radical (unpaired) electrons. The van der Waals surface area contributed by atoms with Crippen LogP contribution in [0, 0.1) is 0 Å². The number of carbonyl (C=O) groups is 1. The summed E-state index contributed by atoms with van der Waals surface area (Å²) in [6, 6.07) is 5.67. The van der Waals surface area contributed by atoms with Crippen LogP contribution in [0.4, 0.5) is 13.2 Å². The Morgan fingerprint density at radius 3 is 2.50 bits per heavy atom. The van der Waals surface area contributed by atoms with Crippen LogP contribution in [0.15, 0.2) is 24.3 Å². The lowest BCUT2D eigenvalue weighted by atomic mass is 10.1. The fourth-order valence-corrected chi connectivity index (χ4v) is 1.27. The molecule has 4 nitrogen and oxygen atoms in total. The van der Waals surface area contributed by atoms with Crippen molar-refractivity contribution in [3.8, 4) is 5.75 Å². The molecule has 0 heterocycles. The lowest BCUT2D eigenvalue weighted by Gasteiger charge is -2.13. The van der Waals surface area contributed by atoms with Crippen LogP contribution >= 0.6 is 0 Å². The van der Waals surface area contributed by atoms with Gasteiger partial charge in [0, 0.05) is 6.42 Å². The van der Waals surface area contributed by atoms with Crippen LogP contribution in [-0.4, -0.2) is 35.1 Å². The van der Waals surface area contributed by atoms with Crippen molar-refractivity contribution < 1.29 is 32.9 Å². The summed E-state index contributed by atoms with van der Waals surface area (Å²) in [5.74, 6) is -1.53. The minimum Gasteiger partial charge on any atom is -0.484 e. The van der Waals surface area contributed by atoms with Gasteiger partial charge in [-0.25, -0.2) is 4.79 Å². The number of carboxylic acid groups (broad SMARTS) is 1. The zero-order valence-electron chi connectivity index (χ0n) is 9.15. The summed E-state index contributed by atoms with van der Waals surface area (Å²) in [6.45, 7) is -1.47. The molecule has 0 fully saturated rings. The zero-order valence-corrected chi connectivity index (χ0v) is 9.15. The molecule has 1 rings (SSSR count). The first-order valence-corrected chi connectivity index (χ1v) is 4.98. The predicted octanol–water partition coefficient (Wildman–Crippen LogP) is 1.62. The van der Waals surface area contributed by atoms with Gasteiger partial charge in [0.1, 0.15) is 5.75 Å². The summed E-state index contributed by atoms with van der Waals surface area (Å²) >= 11 is 0. The van der Waals surface area contributed by atoms with E-state index in [1.165, 1.54) is 24.3 Å². The van der Waals surface area contributed by atoms with Gasteiger partial charge in [0.2, 0.25) is 0 Å². The standard InChI is InChI=1S/C11H11F3O4/c12-11(13,14)6-18-9-4-2-1-3-7(9)5-8(15)10(16)17/h1-4,8,15H,5-6H2,(H,16,17). The number of carboxylic acids is 1. The number of ether oxygens (including phenoxy) is 1. The number of rotatable bonds is 5. The smallest absolute Gasteiger partial charge is 0.422 e. The number of benzene rings is 1. The molecule has 1 unspecified atom stereocenters. The van der Waals surface area contributed by atoms with Gasteiger partial charge in [0.15, 0.2) is 12.7 Å². The minimum atomic E-state index is -4.47. The van der Waals surface area contributed by atoms with Crippen molar-refractivity contribution in [2.75, 3.05) is 6.61 Å². The molecule has 100 valence electrons. The molecule has 0 saturated carbocycles. The summed E-state index contributed by atoms with van der Waals surface area (Å²) < 4.78 is 40.5. The average molecular weight is 264 g/mol. The largest absolute Gasteiger partial charge is 0.484 e. The summed E-state index contributed by atoms with van der Waals surface area (Å²) in [5.41, 5.74) is 0.205. The van der Waals surface area contributed by atoms with E-state index in [9.17, 15) is 18.0 Å². The van der Waals surface area contributed by atoms with E-state index in [-0.39, 0.29) is 17.7 Å². The molecule has 0 aliphatic carbocycles. The van der Waals surface area contributed by atoms with Gasteiger partial charge in [0.05, 0.1) is 0 Å². The Morgan fingerprint density at radius 2 is 1.94 bits per heavy atom. The first-order valence-electron chi connectivity index (χ1n) is 4.98. The third-order valence-corrected chi connectivity index (χ3v) is 2.06. The molecule has 0 aromatic heterocycles. The van der Waals surface area contributed by atoms with Crippen molar-refractivity contribution in [1.29, 1.82) is 0 Å². The van der Waals surface area contributed by atoms with Gasteiger partial charge in [-0.05, 0) is 11.6 Å². The van der Waals surface area contributed by atoms with Gasteiger partial charge in [0.25, 0.3) is 0 Å². The van der Waals surface area contributed by atoms with E-state index in [0.29, 0.717) is 0 Å². The van der Waals surface area contributed by atoms with Crippen molar-refractivity contribution in [3.63, 3.8) is 0 Å². The van der Waals surface area contributed by atoms with Crippen molar-refractivity contribution in [1.82, 2.24) is 0 Å². The molecule has 7 heteroatoms. The fraction of sp³-hybridized carbons (Fsp3) is 0.364. The average Bonchev–Trinajstić information content (AvgIpc) is 2.26. The van der Waals surface area contributed by atoms with Crippen LogP contribution in [0.1, 0.15) is 5.56 Å². The van der Waals surface area contributed by atoms with Crippen molar-refractivity contribution in [2.45, 2.75) is 18.7 Å². The highest BCUT2D eigenvalue weighted by molar-refractivity contribution is 5.72. The molecular weight excluding hydrogens is 253 g/mol. The maximum atomic E-state index is 12.0. The van der Waals surface area contributed by atoms with E-state index < -0.39 is 24.9 Å². The van der Waals surface area contributed by atoms with Gasteiger partial charge < -0.3 is 14.9 Å². The van der Waals surface area contributed by atoms with Crippen LogP contribution < -0.4 is 4.74 Å². The predicted molar refractivity (Wildman–Crippen MR) is 55.3 cm³/mol. The Balaban J connectivity index is 2.76. The minimum absolute atomic E-state index is 0.0878. The van der Waals surface area contributed by atoms with Gasteiger partial charge >= 0.3 is 12.1 Å². The topological polar surface area (TPSA) is 66.8 Å². The molecule has 0 spiro atoms. The molecule has 0 amide bonds. The second-order valence-corrected chi connectivity index (χ2v) is 3.57. The van der Waals surface area contributed by atoms with Crippen LogP contribution in [0.3, 0.4) is 0 Å². The van der Waals surface area contributed by atoms with Gasteiger partial charge in [-0.2, -0.15) is 13.2 Å². The van der Waals surface area contributed by atoms with Gasteiger partial charge in [-0.1, -0.05) is 18.2 Å². The summed E-state index contributed by atoms with van der Waals surface area (Å²) in [7, 11) is 0. The van der Waals surface area contributed by atoms with E-state index in [1.807, 2.05) is 0 Å². The van der Waals surface area contributed by atoms with E-state index in [4.69, 9.17) is 10.2 Å². The van der Waals surface area contributed by atoms with Crippen molar-refractivity contribution in [3.05, 3.63) is 29.8 Å². The van der Waals surface area contributed by atoms with Crippen molar-refractivity contribution >= 4 is 5.97 Å². The molecule has 1 aromatic carbocycles. The van der Waals surface area contributed by atoms with Crippen LogP contribution in [0.25, 0.3) is 0 Å². The molecule has 18 heavy (non-hydrogen) atoms. The molecule has 0 saturated heterocycles. The van der Waals surface area contributed by atoms with Crippen LogP contribution in [0.2, 0.25) is 0 Å². The van der Waals surface area contributed by atoms with Crippen LogP contribution in [-0.2, 0) is 11.2 Å². The SMILES string of the molecule is O=C(O)C(O)Cc1ccccc1OCC(F)(F)F. The van der Waals surface area contributed by atoms with E-state index in [1.54, 1.807) is 0 Å². The third kappa shape index (κ3) is 4.62. The number of alkyl halides is 3. The Hall–Kier alpha value is -1.76. The van der Waals surface area contributed by atoms with E-state index in [2.05, 4.69) is 4.74 Å². The molecule has 0 aliphatic heterocycles. The highest BCUT2D eigenvalue weighted by atomic mass is 19.4. The molecule has 0 aliphatic rings. The Kier molecular flexibility index (Phi) is 4.55. The van der Waals surface area contributed by atoms with Gasteiger partial charge in [-0.15, -0.1) is 0 Å². The highest BCUT2D eigenvalue weighted by Crippen LogP contribution is 2.23. The molecule has 1 aromatic rings. The second-order valence-electron chi connectivity index (χ2n) is 3.57. The fourth-order valence-electron chi connectivity index (χ4n) is 1.27. The number of aliphatic hydroxyl groups is 1. The first kappa shape index (κ1) is 14.3. The summed E-state index contributed by atoms with van der Waals surface area (Å²) in [6.07, 6.45) is -6.47. The Labute approximate surface area is 101 Å². The molecule has 1 atom stereocenters. The Morgan fingerprint density at radius 1 is 1.33 bits per heavy atom. The molecule has 0 bridgehead atoms. The molecule has 2 N–H and O–H groups in total. The second kappa shape index (κ2) is 5.72. The number of aliphatic carboxylic acids is 1. The number of hydrogen-bond acceptors (Lipinski definition) is 3. The monoisotopic (exact) mass is 264 g/mol.